The van der Waals surface area contributed by atoms with Crippen molar-refractivity contribution in [1.29, 1.82) is 0 Å². The fraction of sp³-hybridized carbons (Fsp3) is 0. The summed E-state index contributed by atoms with van der Waals surface area (Å²) in [5, 5.41) is 29.9. The van der Waals surface area contributed by atoms with E-state index in [0.29, 0.717) is 22.9 Å². The number of amides is 1. The number of nitrogens with zero attached hydrogens (tertiary/aromatic N) is 6. The van der Waals surface area contributed by atoms with Crippen LogP contribution in [-0.2, 0) is 0 Å². The Morgan fingerprint density at radius 3 is 1.44 bits per heavy atom. The van der Waals surface area contributed by atoms with Gasteiger partial charge in [0.25, 0.3) is 5.91 Å². The van der Waals surface area contributed by atoms with E-state index in [2.05, 4.69) is 46.6 Å². The van der Waals surface area contributed by atoms with Crippen molar-refractivity contribution in [2.45, 2.75) is 0 Å². The Morgan fingerprint density at radius 2 is 1.06 bits per heavy atom. The van der Waals surface area contributed by atoms with Gasteiger partial charge in [-0.15, -0.1) is 10.2 Å². The molecule has 0 aliphatic rings. The van der Waals surface area contributed by atoms with E-state index < -0.39 is 0 Å². The number of anilines is 1. The Kier molecular flexibility index (Phi) is 20.2. The molecule has 166 valence electrons. The average molecular weight is 471 g/mol. The van der Waals surface area contributed by atoms with E-state index in [1.807, 2.05) is 12.1 Å². The molecule has 4 rings (SSSR count). The van der Waals surface area contributed by atoms with Crippen molar-refractivity contribution >= 4 is 70.7 Å². The molecule has 0 saturated heterocycles. The van der Waals surface area contributed by atoms with Crippen molar-refractivity contribution in [3.8, 4) is 22.8 Å². The zero-order valence-corrected chi connectivity index (χ0v) is 15.2. The summed E-state index contributed by atoms with van der Waals surface area (Å²) >= 11 is 0. The van der Waals surface area contributed by atoms with Crippen LogP contribution in [0.4, 0.5) is 5.69 Å². The monoisotopic (exact) mass is 471 g/mol. The van der Waals surface area contributed by atoms with E-state index in [1.165, 1.54) is 0 Å². The SMILES string of the molecule is O.O.O.O.O.O=C(Nc1ccc(-c2nnn[nH]2)cc1)c1ccc(-c2nnn[nH]2)cc1.[NaH].[NaH]. The standard InChI is InChI=1S/C15H11N9O.2Na.5H2O.2H/c25-15(11-3-1-9(2-4-11)13-17-21-22-18-13)16-12-7-5-10(6-8-12)14-19-23-24-20-14;;;;;;;;;/h1-8H,(H,16,25)(H,17,18,21,22)(H,19,20,23,24);;;5*1H2;;. The predicted octanol–water partition coefficient (Wildman–Crippen LogP) is -4.12. The number of carbonyl (C=O) groups excluding carboxylic acids is 1. The molecule has 2 aromatic carbocycles. The molecule has 13 N–H and O–H groups in total. The Morgan fingerprint density at radius 1 is 0.656 bits per heavy atom. The van der Waals surface area contributed by atoms with Crippen LogP contribution in [0.1, 0.15) is 10.4 Å². The third kappa shape index (κ3) is 8.77. The number of rotatable bonds is 4. The van der Waals surface area contributed by atoms with Crippen LogP contribution >= 0.6 is 0 Å². The molecule has 0 bridgehead atoms. The predicted molar refractivity (Wildman–Crippen MR) is 120 cm³/mol. The van der Waals surface area contributed by atoms with Crippen LogP contribution < -0.4 is 5.32 Å². The Labute approximate surface area is 224 Å². The topological polar surface area (TPSA) is 296 Å². The number of tetrazole rings is 2. The summed E-state index contributed by atoms with van der Waals surface area (Å²) in [7, 11) is 0. The van der Waals surface area contributed by atoms with Gasteiger partial charge in [-0.2, -0.15) is 0 Å². The first kappa shape index (κ1) is 37.2. The Bertz CT molecular complexity index is 987. The normalized spacial score (nSPS) is 8.25. The maximum absolute atomic E-state index is 12.3. The van der Waals surface area contributed by atoms with Gasteiger partial charge in [-0.3, -0.25) is 4.79 Å². The molecule has 32 heavy (non-hydrogen) atoms. The van der Waals surface area contributed by atoms with E-state index in [9.17, 15) is 4.79 Å². The molecule has 2 heterocycles. The molecule has 4 aromatic rings. The van der Waals surface area contributed by atoms with Gasteiger partial charge >= 0.3 is 59.1 Å². The second-order valence-electron chi connectivity index (χ2n) is 5.11. The zero-order chi connectivity index (χ0) is 17.1. The average Bonchev–Trinajstić information content (AvgIpc) is 3.36. The molecule has 0 saturated carbocycles. The Balaban J connectivity index is -0.000000560. The van der Waals surface area contributed by atoms with Crippen molar-refractivity contribution in [2.75, 3.05) is 5.32 Å². The van der Waals surface area contributed by atoms with E-state index >= 15 is 0 Å². The quantitative estimate of drug-likeness (QED) is 0.247. The third-order valence-corrected chi connectivity index (χ3v) is 3.53. The van der Waals surface area contributed by atoms with E-state index in [0.717, 1.165) is 11.1 Å². The minimum absolute atomic E-state index is 0. The fourth-order valence-electron chi connectivity index (χ4n) is 2.26. The number of aromatic amines is 2. The molecule has 0 atom stereocenters. The number of nitrogens with one attached hydrogen (secondary N) is 3. The molecular weight excluding hydrogens is 448 g/mol. The second kappa shape index (κ2) is 17.4. The van der Waals surface area contributed by atoms with Gasteiger partial charge < -0.3 is 32.7 Å². The van der Waals surface area contributed by atoms with Gasteiger partial charge in [0, 0.05) is 22.4 Å². The summed E-state index contributed by atoms with van der Waals surface area (Å²) in [6.07, 6.45) is 0. The molecule has 0 unspecified atom stereocenters. The number of aromatic nitrogens is 8. The Hall–Kier alpha value is -2.15. The summed E-state index contributed by atoms with van der Waals surface area (Å²) in [5.74, 6) is 0.899. The number of carbonyl (C=O) groups is 1. The van der Waals surface area contributed by atoms with Crippen molar-refractivity contribution in [3.63, 3.8) is 0 Å². The van der Waals surface area contributed by atoms with Gasteiger partial charge in [0.05, 0.1) is 0 Å². The number of benzene rings is 2. The summed E-state index contributed by atoms with van der Waals surface area (Å²) in [6.45, 7) is 0. The van der Waals surface area contributed by atoms with Crippen LogP contribution in [0.3, 0.4) is 0 Å². The van der Waals surface area contributed by atoms with Crippen LogP contribution in [-0.4, -0.2) is 134 Å². The van der Waals surface area contributed by atoms with Crippen LogP contribution in [0.25, 0.3) is 22.8 Å². The minimum atomic E-state index is -0.212. The summed E-state index contributed by atoms with van der Waals surface area (Å²) < 4.78 is 0. The first-order valence-electron chi connectivity index (χ1n) is 7.29. The van der Waals surface area contributed by atoms with Gasteiger partial charge in [0.1, 0.15) is 0 Å². The van der Waals surface area contributed by atoms with E-state index in [4.69, 9.17) is 0 Å². The molecule has 1 amide bonds. The molecule has 0 aliphatic heterocycles. The van der Waals surface area contributed by atoms with Crippen LogP contribution in [0, 0.1) is 0 Å². The van der Waals surface area contributed by atoms with Gasteiger partial charge in [0.2, 0.25) is 0 Å². The first-order chi connectivity index (χ1) is 12.3. The number of hydrogen-bond donors (Lipinski definition) is 3. The third-order valence-electron chi connectivity index (χ3n) is 3.53. The van der Waals surface area contributed by atoms with Crippen LogP contribution in [0.15, 0.2) is 48.5 Å². The van der Waals surface area contributed by atoms with Crippen molar-refractivity contribution in [1.82, 2.24) is 41.2 Å². The molecule has 17 heteroatoms. The maximum atomic E-state index is 12.3. The first-order valence-corrected chi connectivity index (χ1v) is 7.29. The number of H-pyrrole nitrogens is 2. The summed E-state index contributed by atoms with van der Waals surface area (Å²) in [6, 6.07) is 14.2. The van der Waals surface area contributed by atoms with E-state index in [-0.39, 0.29) is 92.4 Å². The molecule has 0 fully saturated rings. The van der Waals surface area contributed by atoms with Crippen LogP contribution in [0.5, 0.6) is 0 Å². The van der Waals surface area contributed by atoms with Crippen molar-refractivity contribution in [2.24, 2.45) is 0 Å². The fourth-order valence-corrected chi connectivity index (χ4v) is 2.26. The number of hydrogen-bond acceptors (Lipinski definition) is 7. The van der Waals surface area contributed by atoms with E-state index in [1.54, 1.807) is 36.4 Å². The van der Waals surface area contributed by atoms with Gasteiger partial charge in [-0.05, 0) is 57.3 Å². The molecular formula is C15H23N9Na2O6. The second-order valence-corrected chi connectivity index (χ2v) is 5.11. The zero-order valence-electron chi connectivity index (χ0n) is 15.2. The summed E-state index contributed by atoms with van der Waals surface area (Å²) in [4.78, 5) is 12.3. The van der Waals surface area contributed by atoms with Crippen molar-refractivity contribution < 1.29 is 32.2 Å². The molecule has 15 nitrogen and oxygen atoms in total. The van der Waals surface area contributed by atoms with Crippen molar-refractivity contribution in [3.05, 3.63) is 54.1 Å². The summed E-state index contributed by atoms with van der Waals surface area (Å²) in [5.41, 5.74) is 2.82. The molecule has 2 aromatic heterocycles. The van der Waals surface area contributed by atoms with Gasteiger partial charge in [-0.25, -0.2) is 10.2 Å². The molecule has 0 radical (unpaired) electrons. The van der Waals surface area contributed by atoms with Crippen LogP contribution in [0.2, 0.25) is 0 Å². The molecule has 0 spiro atoms. The van der Waals surface area contributed by atoms with Gasteiger partial charge in [0.15, 0.2) is 11.6 Å². The van der Waals surface area contributed by atoms with Gasteiger partial charge in [-0.1, -0.05) is 12.1 Å². The molecule has 0 aliphatic carbocycles.